The van der Waals surface area contributed by atoms with Gasteiger partial charge < -0.3 is 15.8 Å². The zero-order valence-corrected chi connectivity index (χ0v) is 13.0. The summed E-state index contributed by atoms with van der Waals surface area (Å²) in [6.07, 6.45) is 1.09. The van der Waals surface area contributed by atoms with E-state index in [4.69, 9.17) is 10.9 Å². The van der Waals surface area contributed by atoms with E-state index in [0.29, 0.717) is 17.3 Å². The van der Waals surface area contributed by atoms with Gasteiger partial charge in [0.1, 0.15) is 0 Å². The molecular weight excluding hydrogens is 254 g/mol. The summed E-state index contributed by atoms with van der Waals surface area (Å²) in [6, 6.07) is 0. The van der Waals surface area contributed by atoms with Crippen LogP contribution in [-0.2, 0) is 0 Å². The predicted molar refractivity (Wildman–Crippen MR) is 81.4 cm³/mol. The maximum absolute atomic E-state index is 9.01. The molecule has 0 fully saturated rings. The average molecular weight is 279 g/mol. The summed E-state index contributed by atoms with van der Waals surface area (Å²) in [4.78, 5) is 2.13. The maximum atomic E-state index is 9.01. The molecule has 0 aromatic carbocycles. The minimum absolute atomic E-state index is 0.0816. The van der Waals surface area contributed by atoms with Gasteiger partial charge in [-0.3, -0.25) is 0 Å². The molecule has 1 aromatic rings. The summed E-state index contributed by atoms with van der Waals surface area (Å²) in [5, 5.41) is 20.6. The molecule has 0 radical (unpaired) electrons. The highest BCUT2D eigenvalue weighted by Crippen LogP contribution is 2.23. The van der Waals surface area contributed by atoms with Crippen LogP contribution in [0.3, 0.4) is 0 Å². The first-order valence-corrected chi connectivity index (χ1v) is 7.02. The van der Waals surface area contributed by atoms with Crippen LogP contribution in [0, 0.1) is 19.8 Å². The molecule has 0 bridgehead atoms. The Morgan fingerprint density at radius 1 is 1.35 bits per heavy atom. The van der Waals surface area contributed by atoms with Crippen LogP contribution in [-0.4, -0.2) is 34.3 Å². The second-order valence-electron chi connectivity index (χ2n) is 5.15. The number of aromatic nitrogens is 2. The van der Waals surface area contributed by atoms with Gasteiger partial charge in [0.2, 0.25) is 0 Å². The van der Waals surface area contributed by atoms with E-state index < -0.39 is 0 Å². The molecule has 1 rings (SSSR count). The summed E-state index contributed by atoms with van der Waals surface area (Å²) in [7, 11) is 0. The van der Waals surface area contributed by atoms with Gasteiger partial charge in [-0.25, -0.2) is 0 Å². The van der Waals surface area contributed by atoms with Crippen molar-refractivity contribution in [1.29, 1.82) is 0 Å². The van der Waals surface area contributed by atoms with Crippen molar-refractivity contribution in [2.45, 2.75) is 41.0 Å². The van der Waals surface area contributed by atoms with Gasteiger partial charge in [0.25, 0.3) is 0 Å². The van der Waals surface area contributed by atoms with E-state index in [1.165, 1.54) is 0 Å². The van der Waals surface area contributed by atoms with Crippen LogP contribution >= 0.6 is 0 Å². The van der Waals surface area contributed by atoms with E-state index in [9.17, 15) is 0 Å². The standard InChI is InChI=1S/C14H25N5O/c1-6-9(3)8-19(7-2)14-12(13(15)18-20)10(4)11(5)16-17-14/h9,20H,6-8H2,1-5H3,(H2,15,18). The van der Waals surface area contributed by atoms with Gasteiger partial charge in [-0.15, -0.1) is 5.10 Å². The summed E-state index contributed by atoms with van der Waals surface area (Å²) in [6.45, 7) is 11.9. The van der Waals surface area contributed by atoms with E-state index in [0.717, 1.165) is 30.8 Å². The number of hydrogen-bond acceptors (Lipinski definition) is 5. The number of nitrogens with zero attached hydrogens (tertiary/aromatic N) is 4. The van der Waals surface area contributed by atoms with Crippen LogP contribution in [0.2, 0.25) is 0 Å². The Labute approximate surface area is 120 Å². The molecule has 6 nitrogen and oxygen atoms in total. The SMILES string of the molecule is CCC(C)CN(CC)c1nnc(C)c(C)c1C(N)=NO. The van der Waals surface area contributed by atoms with Crippen molar-refractivity contribution in [3.8, 4) is 0 Å². The monoisotopic (exact) mass is 279 g/mol. The number of aryl methyl sites for hydroxylation is 1. The lowest BCUT2D eigenvalue weighted by atomic mass is 10.1. The molecule has 6 heteroatoms. The van der Waals surface area contributed by atoms with E-state index in [1.807, 2.05) is 13.8 Å². The molecule has 0 spiro atoms. The Bertz CT molecular complexity index is 487. The smallest absolute Gasteiger partial charge is 0.174 e. The van der Waals surface area contributed by atoms with Crippen LogP contribution in [0.4, 0.5) is 5.82 Å². The maximum Gasteiger partial charge on any atom is 0.174 e. The molecule has 3 N–H and O–H groups in total. The quantitative estimate of drug-likeness (QED) is 0.360. The van der Waals surface area contributed by atoms with Crippen molar-refractivity contribution in [1.82, 2.24) is 10.2 Å². The molecule has 0 aliphatic heterocycles. The molecule has 20 heavy (non-hydrogen) atoms. The highest BCUT2D eigenvalue weighted by Gasteiger charge is 2.20. The van der Waals surface area contributed by atoms with Gasteiger partial charge in [0.15, 0.2) is 11.7 Å². The summed E-state index contributed by atoms with van der Waals surface area (Å²) < 4.78 is 0. The first-order valence-electron chi connectivity index (χ1n) is 7.02. The van der Waals surface area contributed by atoms with Gasteiger partial charge in [-0.1, -0.05) is 25.4 Å². The van der Waals surface area contributed by atoms with E-state index >= 15 is 0 Å². The lowest BCUT2D eigenvalue weighted by molar-refractivity contribution is 0.318. The summed E-state index contributed by atoms with van der Waals surface area (Å²) in [5.41, 5.74) is 8.18. The molecule has 1 unspecified atom stereocenters. The third kappa shape index (κ3) is 3.37. The molecule has 0 amide bonds. The average Bonchev–Trinajstić information content (AvgIpc) is 2.46. The van der Waals surface area contributed by atoms with Crippen molar-refractivity contribution in [3.05, 3.63) is 16.8 Å². The second-order valence-corrected chi connectivity index (χ2v) is 5.15. The van der Waals surface area contributed by atoms with Gasteiger partial charge in [-0.05, 0) is 32.3 Å². The lowest BCUT2D eigenvalue weighted by Gasteiger charge is -2.27. The molecular formula is C14H25N5O. The number of anilines is 1. The van der Waals surface area contributed by atoms with E-state index in [2.05, 4.69) is 41.0 Å². The zero-order chi connectivity index (χ0) is 15.3. The number of nitrogens with two attached hydrogens (primary N) is 1. The fourth-order valence-corrected chi connectivity index (χ4v) is 2.04. The van der Waals surface area contributed by atoms with Crippen LogP contribution < -0.4 is 10.6 Å². The minimum Gasteiger partial charge on any atom is -0.409 e. The minimum atomic E-state index is 0.0816. The predicted octanol–water partition coefficient (Wildman–Crippen LogP) is 2.06. The van der Waals surface area contributed by atoms with Crippen molar-refractivity contribution < 1.29 is 5.21 Å². The lowest BCUT2D eigenvalue weighted by Crippen LogP contribution is -2.32. The highest BCUT2D eigenvalue weighted by molar-refractivity contribution is 6.02. The number of hydrogen-bond donors (Lipinski definition) is 2. The molecule has 0 saturated heterocycles. The molecule has 0 aliphatic rings. The molecule has 0 saturated carbocycles. The van der Waals surface area contributed by atoms with Crippen LogP contribution in [0.1, 0.15) is 44.0 Å². The molecule has 1 aromatic heterocycles. The Hall–Kier alpha value is -1.85. The Morgan fingerprint density at radius 3 is 2.50 bits per heavy atom. The van der Waals surface area contributed by atoms with Crippen molar-refractivity contribution >= 4 is 11.7 Å². The van der Waals surface area contributed by atoms with Gasteiger partial charge in [-0.2, -0.15) is 5.10 Å². The summed E-state index contributed by atoms with van der Waals surface area (Å²) >= 11 is 0. The van der Waals surface area contributed by atoms with Gasteiger partial charge in [0.05, 0.1) is 11.3 Å². The third-order valence-corrected chi connectivity index (χ3v) is 3.71. The Kier molecular flexibility index (Phi) is 5.73. The zero-order valence-electron chi connectivity index (χ0n) is 13.0. The van der Waals surface area contributed by atoms with Gasteiger partial charge in [0, 0.05) is 13.1 Å². The Balaban J connectivity index is 3.31. The molecule has 0 aliphatic carbocycles. The van der Waals surface area contributed by atoms with E-state index in [-0.39, 0.29) is 5.84 Å². The normalized spacial score (nSPS) is 13.3. The fraction of sp³-hybridized carbons (Fsp3) is 0.643. The van der Waals surface area contributed by atoms with Crippen LogP contribution in [0.5, 0.6) is 0 Å². The topological polar surface area (TPSA) is 87.6 Å². The molecule has 1 heterocycles. The summed E-state index contributed by atoms with van der Waals surface area (Å²) in [5.74, 6) is 1.31. The fourth-order valence-electron chi connectivity index (χ4n) is 2.04. The van der Waals surface area contributed by atoms with Crippen molar-refractivity contribution in [2.24, 2.45) is 16.8 Å². The van der Waals surface area contributed by atoms with Crippen LogP contribution in [0.15, 0.2) is 5.16 Å². The number of amidine groups is 1. The van der Waals surface area contributed by atoms with Gasteiger partial charge >= 0.3 is 0 Å². The first kappa shape index (κ1) is 16.2. The molecule has 1 atom stereocenters. The molecule has 112 valence electrons. The second kappa shape index (κ2) is 7.07. The highest BCUT2D eigenvalue weighted by atomic mass is 16.4. The van der Waals surface area contributed by atoms with Crippen molar-refractivity contribution in [2.75, 3.05) is 18.0 Å². The first-order chi connectivity index (χ1) is 9.46. The number of rotatable bonds is 6. The number of oxime groups is 1. The third-order valence-electron chi connectivity index (χ3n) is 3.71. The Morgan fingerprint density at radius 2 is 2.00 bits per heavy atom. The van der Waals surface area contributed by atoms with E-state index in [1.54, 1.807) is 0 Å². The largest absolute Gasteiger partial charge is 0.409 e. The van der Waals surface area contributed by atoms with Crippen molar-refractivity contribution in [3.63, 3.8) is 0 Å². The van der Waals surface area contributed by atoms with Crippen LogP contribution in [0.25, 0.3) is 0 Å².